The molecule has 0 heterocycles. The van der Waals surface area contributed by atoms with Crippen molar-refractivity contribution >= 4 is 29.2 Å². The predicted molar refractivity (Wildman–Crippen MR) is 38.1 cm³/mol. The van der Waals surface area contributed by atoms with E-state index in [4.69, 9.17) is 33.4 Å². The smallest absolute Gasteiger partial charge is 0.307 e. The maximum atomic E-state index is 10.0. The van der Waals surface area contributed by atoms with E-state index in [9.17, 15) is 4.79 Å². The van der Waals surface area contributed by atoms with Gasteiger partial charge >= 0.3 is 5.97 Å². The Labute approximate surface area is 67.9 Å². The molecule has 0 spiro atoms. The van der Waals surface area contributed by atoms with Gasteiger partial charge in [-0.05, 0) is 5.57 Å². The molecule has 0 radical (unpaired) electrons. The Hall–Kier alpha value is -0.250. The first kappa shape index (κ1) is 9.75. The maximum Gasteiger partial charge on any atom is 0.307 e. The number of hydrogen-bond acceptors (Lipinski definition) is 2. The van der Waals surface area contributed by atoms with Crippen molar-refractivity contribution in [2.45, 2.75) is 6.42 Å². The second kappa shape index (κ2) is 4.55. The highest BCUT2D eigenvalue weighted by molar-refractivity contribution is 6.56. The number of carboxylic acids is 1. The van der Waals surface area contributed by atoms with Crippen LogP contribution in [0.15, 0.2) is 10.1 Å². The van der Waals surface area contributed by atoms with Crippen molar-refractivity contribution < 1.29 is 15.0 Å². The van der Waals surface area contributed by atoms with E-state index in [1.54, 1.807) is 0 Å². The molecule has 0 aliphatic heterocycles. The van der Waals surface area contributed by atoms with E-state index in [0.29, 0.717) is 0 Å². The molecule has 0 aromatic rings. The lowest BCUT2D eigenvalue weighted by molar-refractivity contribution is -0.136. The Morgan fingerprint density at radius 3 is 2.00 bits per heavy atom. The fourth-order valence-corrected chi connectivity index (χ4v) is 0.618. The Morgan fingerprint density at radius 2 is 1.90 bits per heavy atom. The maximum absolute atomic E-state index is 10.0. The minimum atomic E-state index is -1.07. The zero-order chi connectivity index (χ0) is 8.15. The third-order valence-corrected chi connectivity index (χ3v) is 1.36. The van der Waals surface area contributed by atoms with Gasteiger partial charge in [0.15, 0.2) is 0 Å². The second-order valence-corrected chi connectivity index (χ2v) is 2.54. The molecule has 0 rings (SSSR count). The predicted octanol–water partition coefficient (Wildman–Crippen LogP) is 1.14. The third-order valence-electron chi connectivity index (χ3n) is 0.823. The van der Waals surface area contributed by atoms with Gasteiger partial charge in [0.05, 0.1) is 13.0 Å². The summed E-state index contributed by atoms with van der Waals surface area (Å²) >= 11 is 10.4. The van der Waals surface area contributed by atoms with Gasteiger partial charge < -0.3 is 10.2 Å². The van der Waals surface area contributed by atoms with E-state index >= 15 is 0 Å². The number of halogens is 2. The van der Waals surface area contributed by atoms with Crippen LogP contribution in [0.3, 0.4) is 0 Å². The van der Waals surface area contributed by atoms with E-state index < -0.39 is 12.6 Å². The Kier molecular flexibility index (Phi) is 4.43. The van der Waals surface area contributed by atoms with Crippen LogP contribution in [0.4, 0.5) is 0 Å². The summed E-state index contributed by atoms with van der Waals surface area (Å²) in [4.78, 5) is 10.0. The highest BCUT2D eigenvalue weighted by Crippen LogP contribution is 2.16. The van der Waals surface area contributed by atoms with Crippen molar-refractivity contribution in [3.63, 3.8) is 0 Å². The second-order valence-electron chi connectivity index (χ2n) is 1.59. The van der Waals surface area contributed by atoms with Gasteiger partial charge in [0, 0.05) is 0 Å². The number of rotatable bonds is 3. The van der Waals surface area contributed by atoms with Gasteiger partial charge in [-0.3, -0.25) is 4.79 Å². The molecule has 0 aromatic carbocycles. The van der Waals surface area contributed by atoms with E-state index in [-0.39, 0.29) is 16.5 Å². The zero-order valence-corrected chi connectivity index (χ0v) is 6.48. The average molecular weight is 185 g/mol. The van der Waals surface area contributed by atoms with E-state index in [0.717, 1.165) is 0 Å². The first-order valence-electron chi connectivity index (χ1n) is 2.43. The molecule has 0 unspecified atom stereocenters. The molecule has 3 nitrogen and oxygen atoms in total. The number of carboxylic acid groups (broad SMARTS) is 1. The Bertz CT molecular complexity index is 160. The number of aliphatic hydroxyl groups excluding tert-OH is 1. The molecule has 0 aromatic heterocycles. The lowest BCUT2D eigenvalue weighted by Gasteiger charge is -1.97. The molecule has 0 fully saturated rings. The molecule has 0 saturated carbocycles. The van der Waals surface area contributed by atoms with Gasteiger partial charge in [0.2, 0.25) is 0 Å². The quantitative estimate of drug-likeness (QED) is 0.693. The van der Waals surface area contributed by atoms with Gasteiger partial charge in [-0.15, -0.1) is 0 Å². The summed E-state index contributed by atoms with van der Waals surface area (Å²) in [6.45, 7) is -0.422. The zero-order valence-electron chi connectivity index (χ0n) is 4.97. The minimum absolute atomic E-state index is 0.121. The number of carbonyl (C=O) groups is 1. The van der Waals surface area contributed by atoms with Crippen LogP contribution < -0.4 is 0 Å². The molecular weight excluding hydrogens is 179 g/mol. The lowest BCUT2D eigenvalue weighted by atomic mass is 10.2. The summed E-state index contributed by atoms with van der Waals surface area (Å²) in [5.41, 5.74) is 0.121. The summed E-state index contributed by atoms with van der Waals surface area (Å²) < 4.78 is -0.176. The first-order chi connectivity index (χ1) is 4.57. The van der Waals surface area contributed by atoms with Gasteiger partial charge in [-0.2, -0.15) is 0 Å². The molecule has 0 amide bonds. The molecule has 58 valence electrons. The van der Waals surface area contributed by atoms with Crippen LogP contribution in [-0.2, 0) is 4.79 Å². The van der Waals surface area contributed by atoms with Crippen molar-refractivity contribution in [1.82, 2.24) is 0 Å². The van der Waals surface area contributed by atoms with Crippen molar-refractivity contribution in [3.05, 3.63) is 10.1 Å². The molecule has 0 atom stereocenters. The Balaban J connectivity index is 4.11. The number of hydrogen-bond donors (Lipinski definition) is 2. The summed E-state index contributed by atoms with van der Waals surface area (Å²) in [6, 6.07) is 0. The highest BCUT2D eigenvalue weighted by atomic mass is 35.5. The van der Waals surface area contributed by atoms with Crippen LogP contribution >= 0.6 is 23.2 Å². The summed E-state index contributed by atoms with van der Waals surface area (Å²) in [7, 11) is 0. The fraction of sp³-hybridized carbons (Fsp3) is 0.400. The molecule has 2 N–H and O–H groups in total. The molecular formula is C5H6Cl2O3. The molecule has 0 aliphatic rings. The average Bonchev–Trinajstić information content (AvgIpc) is 1.81. The molecule has 0 saturated heterocycles. The van der Waals surface area contributed by atoms with E-state index in [1.165, 1.54) is 0 Å². The van der Waals surface area contributed by atoms with Crippen molar-refractivity contribution in [1.29, 1.82) is 0 Å². The van der Waals surface area contributed by atoms with Crippen molar-refractivity contribution in [3.8, 4) is 0 Å². The van der Waals surface area contributed by atoms with E-state index in [1.807, 2.05) is 0 Å². The van der Waals surface area contributed by atoms with Crippen LogP contribution in [-0.4, -0.2) is 22.8 Å². The summed E-state index contributed by atoms with van der Waals surface area (Å²) in [5.74, 6) is -1.07. The van der Waals surface area contributed by atoms with Crippen LogP contribution in [0, 0.1) is 0 Å². The first-order valence-corrected chi connectivity index (χ1v) is 3.19. The van der Waals surface area contributed by atoms with Gasteiger partial charge in [-0.25, -0.2) is 0 Å². The van der Waals surface area contributed by atoms with Gasteiger partial charge in [0.1, 0.15) is 4.49 Å². The SMILES string of the molecule is O=C(O)CC(CO)=C(Cl)Cl. The molecule has 0 aliphatic carbocycles. The fourth-order valence-electron chi connectivity index (χ4n) is 0.365. The minimum Gasteiger partial charge on any atom is -0.481 e. The lowest BCUT2D eigenvalue weighted by Crippen LogP contribution is -2.01. The standard InChI is InChI=1S/C5H6Cl2O3/c6-5(7)3(2-8)1-4(9)10/h8H,1-2H2,(H,9,10). The topological polar surface area (TPSA) is 57.5 Å². The van der Waals surface area contributed by atoms with Crippen LogP contribution in [0.25, 0.3) is 0 Å². The number of aliphatic hydroxyl groups is 1. The van der Waals surface area contributed by atoms with Gasteiger partial charge in [0.25, 0.3) is 0 Å². The summed E-state index contributed by atoms with van der Waals surface area (Å²) in [5, 5.41) is 16.7. The normalized spacial score (nSPS) is 9.10. The number of aliphatic carboxylic acids is 1. The summed E-state index contributed by atoms with van der Waals surface area (Å²) in [6.07, 6.45) is -0.321. The van der Waals surface area contributed by atoms with E-state index in [2.05, 4.69) is 0 Å². The van der Waals surface area contributed by atoms with Crippen LogP contribution in [0.1, 0.15) is 6.42 Å². The monoisotopic (exact) mass is 184 g/mol. The van der Waals surface area contributed by atoms with Crippen molar-refractivity contribution in [2.24, 2.45) is 0 Å². The molecule has 10 heavy (non-hydrogen) atoms. The molecule has 0 bridgehead atoms. The highest BCUT2D eigenvalue weighted by Gasteiger charge is 2.05. The van der Waals surface area contributed by atoms with Crippen molar-refractivity contribution in [2.75, 3.05) is 6.61 Å². The van der Waals surface area contributed by atoms with Crippen LogP contribution in [0.5, 0.6) is 0 Å². The largest absolute Gasteiger partial charge is 0.481 e. The molecule has 5 heteroatoms. The Morgan fingerprint density at radius 1 is 1.40 bits per heavy atom. The third kappa shape index (κ3) is 3.71. The van der Waals surface area contributed by atoms with Crippen LogP contribution in [0.2, 0.25) is 0 Å². The van der Waals surface area contributed by atoms with Gasteiger partial charge in [-0.1, -0.05) is 23.2 Å².